The largest absolute Gasteiger partial charge is 0.459 e. The number of amides is 2. The fourth-order valence-electron chi connectivity index (χ4n) is 3.65. The minimum atomic E-state index is -0.0693. The molecular formula is C18H27N3O3. The number of carbonyl (C=O) groups excluding carboxylic acids is 2. The van der Waals surface area contributed by atoms with Crippen LogP contribution in [0, 0.1) is 5.92 Å². The number of nitrogens with zero attached hydrogens (tertiary/aromatic N) is 2. The Morgan fingerprint density at radius 2 is 1.96 bits per heavy atom. The average Bonchev–Trinajstić information content (AvgIpc) is 3.11. The van der Waals surface area contributed by atoms with Crippen LogP contribution >= 0.6 is 0 Å². The normalized spacial score (nSPS) is 25.5. The number of rotatable bonds is 4. The summed E-state index contributed by atoms with van der Waals surface area (Å²) in [7, 11) is 0. The van der Waals surface area contributed by atoms with Crippen molar-refractivity contribution in [2.45, 2.75) is 38.6 Å². The van der Waals surface area contributed by atoms with Crippen LogP contribution in [0.3, 0.4) is 0 Å². The highest BCUT2D eigenvalue weighted by Gasteiger charge is 2.26. The summed E-state index contributed by atoms with van der Waals surface area (Å²) >= 11 is 0. The van der Waals surface area contributed by atoms with Gasteiger partial charge in [-0.3, -0.25) is 14.5 Å². The van der Waals surface area contributed by atoms with E-state index >= 15 is 0 Å². The molecule has 1 aliphatic carbocycles. The predicted octanol–water partition coefficient (Wildman–Crippen LogP) is 1.73. The number of hydrogen-bond donors (Lipinski definition) is 1. The standard InChI is InChI=1S/C18H27N3O3/c1-14-5-2-3-6-15(14)19-17(22)13-20-8-10-21(11-9-20)18(23)16-7-4-12-24-16/h4,7,12,14-15H,2-3,5-6,8-11,13H2,1H3,(H,19,22)/t14-,15+/m1/s1. The van der Waals surface area contributed by atoms with Crippen LogP contribution in [-0.2, 0) is 4.79 Å². The number of hydrogen-bond acceptors (Lipinski definition) is 4. The fraction of sp³-hybridized carbons (Fsp3) is 0.667. The van der Waals surface area contributed by atoms with Gasteiger partial charge in [0.2, 0.25) is 5.91 Å². The molecule has 1 aromatic rings. The summed E-state index contributed by atoms with van der Waals surface area (Å²) in [6, 6.07) is 3.74. The Morgan fingerprint density at radius 3 is 2.62 bits per heavy atom. The Bertz CT molecular complexity index is 550. The first-order valence-corrected chi connectivity index (χ1v) is 8.98. The molecule has 0 radical (unpaired) electrons. The van der Waals surface area contributed by atoms with Crippen molar-refractivity contribution in [3.8, 4) is 0 Å². The van der Waals surface area contributed by atoms with Crippen LogP contribution in [-0.4, -0.2) is 60.4 Å². The summed E-state index contributed by atoms with van der Waals surface area (Å²) in [6.07, 6.45) is 6.30. The molecule has 0 unspecified atom stereocenters. The molecule has 6 nitrogen and oxygen atoms in total. The molecule has 2 heterocycles. The average molecular weight is 333 g/mol. The van der Waals surface area contributed by atoms with Gasteiger partial charge < -0.3 is 14.6 Å². The van der Waals surface area contributed by atoms with Crippen LogP contribution in [0.5, 0.6) is 0 Å². The second-order valence-electron chi connectivity index (χ2n) is 6.98. The molecule has 132 valence electrons. The summed E-state index contributed by atoms with van der Waals surface area (Å²) in [5.41, 5.74) is 0. The number of piperazine rings is 1. The molecule has 1 saturated heterocycles. The van der Waals surface area contributed by atoms with Gasteiger partial charge in [-0.2, -0.15) is 0 Å². The zero-order chi connectivity index (χ0) is 16.9. The Morgan fingerprint density at radius 1 is 1.21 bits per heavy atom. The quantitative estimate of drug-likeness (QED) is 0.911. The molecule has 24 heavy (non-hydrogen) atoms. The van der Waals surface area contributed by atoms with Crippen LogP contribution < -0.4 is 5.32 Å². The third-order valence-corrected chi connectivity index (χ3v) is 5.22. The summed E-state index contributed by atoms with van der Waals surface area (Å²) in [4.78, 5) is 28.4. The Kier molecular flexibility index (Phi) is 5.56. The van der Waals surface area contributed by atoms with Crippen LogP contribution in [0.25, 0.3) is 0 Å². The highest BCUT2D eigenvalue weighted by molar-refractivity contribution is 5.91. The van der Waals surface area contributed by atoms with E-state index in [4.69, 9.17) is 4.42 Å². The van der Waals surface area contributed by atoms with Gasteiger partial charge in [0.1, 0.15) is 0 Å². The molecule has 1 aliphatic heterocycles. The minimum absolute atomic E-state index is 0.0693. The van der Waals surface area contributed by atoms with Crippen molar-refractivity contribution in [3.05, 3.63) is 24.2 Å². The zero-order valence-electron chi connectivity index (χ0n) is 14.4. The van der Waals surface area contributed by atoms with Gasteiger partial charge in [-0.25, -0.2) is 0 Å². The van der Waals surface area contributed by atoms with Crippen molar-refractivity contribution in [2.24, 2.45) is 5.92 Å². The highest BCUT2D eigenvalue weighted by Crippen LogP contribution is 2.23. The first kappa shape index (κ1) is 17.0. The van der Waals surface area contributed by atoms with Crippen LogP contribution in [0.15, 0.2) is 22.8 Å². The van der Waals surface area contributed by atoms with Gasteiger partial charge in [-0.15, -0.1) is 0 Å². The first-order valence-electron chi connectivity index (χ1n) is 8.98. The molecule has 0 spiro atoms. The van der Waals surface area contributed by atoms with Crippen LogP contribution in [0.4, 0.5) is 0 Å². The zero-order valence-corrected chi connectivity index (χ0v) is 14.4. The third-order valence-electron chi connectivity index (χ3n) is 5.22. The van der Waals surface area contributed by atoms with E-state index in [-0.39, 0.29) is 11.8 Å². The van der Waals surface area contributed by atoms with Gasteiger partial charge in [0, 0.05) is 32.2 Å². The van der Waals surface area contributed by atoms with Gasteiger partial charge in [-0.05, 0) is 30.9 Å². The minimum Gasteiger partial charge on any atom is -0.459 e. The second-order valence-corrected chi connectivity index (χ2v) is 6.98. The lowest BCUT2D eigenvalue weighted by atomic mass is 9.86. The first-order chi connectivity index (χ1) is 11.6. The summed E-state index contributed by atoms with van der Waals surface area (Å²) < 4.78 is 5.17. The van der Waals surface area contributed by atoms with Crippen molar-refractivity contribution < 1.29 is 14.0 Å². The molecule has 6 heteroatoms. The fourth-order valence-corrected chi connectivity index (χ4v) is 3.65. The van der Waals surface area contributed by atoms with E-state index in [1.54, 1.807) is 17.0 Å². The lowest BCUT2D eigenvalue weighted by molar-refractivity contribution is -0.123. The molecule has 1 saturated carbocycles. The van der Waals surface area contributed by atoms with Crippen molar-refractivity contribution >= 4 is 11.8 Å². The maximum atomic E-state index is 12.3. The van der Waals surface area contributed by atoms with E-state index in [0.717, 1.165) is 19.5 Å². The van der Waals surface area contributed by atoms with Gasteiger partial charge >= 0.3 is 0 Å². The van der Waals surface area contributed by atoms with E-state index in [0.29, 0.717) is 37.4 Å². The molecule has 2 aliphatic rings. The molecule has 2 fully saturated rings. The monoisotopic (exact) mass is 333 g/mol. The smallest absolute Gasteiger partial charge is 0.289 e. The van der Waals surface area contributed by atoms with E-state index in [2.05, 4.69) is 17.1 Å². The maximum absolute atomic E-state index is 12.3. The van der Waals surface area contributed by atoms with E-state index < -0.39 is 0 Å². The molecule has 2 amide bonds. The van der Waals surface area contributed by atoms with Crippen molar-refractivity contribution in [1.82, 2.24) is 15.1 Å². The van der Waals surface area contributed by atoms with Crippen molar-refractivity contribution in [3.63, 3.8) is 0 Å². The van der Waals surface area contributed by atoms with Gasteiger partial charge in [0.05, 0.1) is 12.8 Å². The number of carbonyl (C=O) groups is 2. The summed E-state index contributed by atoms with van der Waals surface area (Å²) in [6.45, 7) is 5.36. The topological polar surface area (TPSA) is 65.8 Å². The lowest BCUT2D eigenvalue weighted by Crippen LogP contribution is -2.52. The molecule has 0 aromatic carbocycles. The van der Waals surface area contributed by atoms with Crippen molar-refractivity contribution in [1.29, 1.82) is 0 Å². The SMILES string of the molecule is C[C@@H]1CCCC[C@@H]1NC(=O)CN1CCN(C(=O)c2ccco2)CC1. The number of nitrogens with one attached hydrogen (secondary N) is 1. The van der Waals surface area contributed by atoms with E-state index in [1.165, 1.54) is 25.5 Å². The van der Waals surface area contributed by atoms with Crippen LogP contribution in [0.2, 0.25) is 0 Å². The van der Waals surface area contributed by atoms with Gasteiger partial charge in [0.25, 0.3) is 5.91 Å². The second kappa shape index (κ2) is 7.83. The molecule has 3 rings (SSSR count). The van der Waals surface area contributed by atoms with Gasteiger partial charge in [0.15, 0.2) is 5.76 Å². The van der Waals surface area contributed by atoms with Crippen molar-refractivity contribution in [2.75, 3.05) is 32.7 Å². The molecule has 0 bridgehead atoms. The predicted molar refractivity (Wildman–Crippen MR) is 90.6 cm³/mol. The molecular weight excluding hydrogens is 306 g/mol. The highest BCUT2D eigenvalue weighted by atomic mass is 16.3. The molecule has 1 N–H and O–H groups in total. The number of furan rings is 1. The summed E-state index contributed by atoms with van der Waals surface area (Å²) in [5, 5.41) is 3.20. The maximum Gasteiger partial charge on any atom is 0.289 e. The molecule has 1 aromatic heterocycles. The van der Waals surface area contributed by atoms with Gasteiger partial charge in [-0.1, -0.05) is 19.8 Å². The van der Waals surface area contributed by atoms with E-state index in [1.807, 2.05) is 0 Å². The summed E-state index contributed by atoms with van der Waals surface area (Å²) in [5.74, 6) is 0.998. The lowest BCUT2D eigenvalue weighted by Gasteiger charge is -2.35. The molecule has 2 atom stereocenters. The van der Waals surface area contributed by atoms with Crippen LogP contribution in [0.1, 0.15) is 43.2 Å². The Labute approximate surface area is 143 Å². The van der Waals surface area contributed by atoms with E-state index in [9.17, 15) is 9.59 Å². The Balaban J connectivity index is 1.42. The third kappa shape index (κ3) is 4.17. The Hall–Kier alpha value is -1.82.